The average molecular weight is 350 g/mol. The van der Waals surface area contributed by atoms with Crippen molar-refractivity contribution in [1.82, 2.24) is 5.32 Å². The lowest BCUT2D eigenvalue weighted by Gasteiger charge is -2.23. The molecular weight excluding hydrogens is 332 g/mol. The van der Waals surface area contributed by atoms with Gasteiger partial charge >= 0.3 is 6.03 Å². The summed E-state index contributed by atoms with van der Waals surface area (Å²) in [6.45, 7) is 4.55. The highest BCUT2D eigenvalue weighted by atomic mass is 79.9. The highest BCUT2D eigenvalue weighted by molar-refractivity contribution is 9.10. The zero-order valence-electron chi connectivity index (χ0n) is 11.0. The minimum absolute atomic E-state index is 0.106. The summed E-state index contributed by atoms with van der Waals surface area (Å²) in [4.78, 5) is 11.7. The molecule has 0 saturated heterocycles. The van der Waals surface area contributed by atoms with Gasteiger partial charge in [0.05, 0.1) is 10.7 Å². The summed E-state index contributed by atoms with van der Waals surface area (Å²) in [5.74, 6) is 0. The Hall–Kier alpha value is -0.780. The Bertz CT molecular complexity index is 452. The lowest BCUT2D eigenvalue weighted by molar-refractivity contribution is 0.204. The first-order valence-electron chi connectivity index (χ1n) is 5.95. The highest BCUT2D eigenvalue weighted by Crippen LogP contribution is 2.25. The van der Waals surface area contributed by atoms with Gasteiger partial charge in [0.1, 0.15) is 0 Å². The van der Waals surface area contributed by atoms with E-state index in [2.05, 4.69) is 26.6 Å². The monoisotopic (exact) mass is 348 g/mol. The fraction of sp³-hybridized carbons (Fsp3) is 0.462. The Morgan fingerprint density at radius 1 is 1.47 bits per heavy atom. The Balaban J connectivity index is 2.52. The lowest BCUT2D eigenvalue weighted by atomic mass is 9.90. The van der Waals surface area contributed by atoms with E-state index in [1.54, 1.807) is 18.2 Å². The van der Waals surface area contributed by atoms with Gasteiger partial charge in [-0.25, -0.2) is 4.79 Å². The van der Waals surface area contributed by atoms with Gasteiger partial charge in [-0.1, -0.05) is 41.4 Å². The van der Waals surface area contributed by atoms with Gasteiger partial charge in [0, 0.05) is 17.6 Å². The van der Waals surface area contributed by atoms with Crippen molar-refractivity contribution in [2.24, 2.45) is 5.41 Å². The average Bonchev–Trinajstić information content (AvgIpc) is 2.30. The van der Waals surface area contributed by atoms with Crippen molar-refractivity contribution in [3.63, 3.8) is 0 Å². The Morgan fingerprint density at radius 2 is 2.16 bits per heavy atom. The van der Waals surface area contributed by atoms with Crippen molar-refractivity contribution < 1.29 is 9.90 Å². The van der Waals surface area contributed by atoms with Crippen LogP contribution in [0.5, 0.6) is 0 Å². The maximum atomic E-state index is 11.7. The smallest absolute Gasteiger partial charge is 0.319 e. The molecule has 0 bridgehead atoms. The van der Waals surface area contributed by atoms with E-state index in [-0.39, 0.29) is 18.1 Å². The third-order valence-electron chi connectivity index (χ3n) is 2.70. The van der Waals surface area contributed by atoms with E-state index in [0.29, 0.717) is 23.7 Å². The minimum atomic E-state index is -0.310. The molecule has 0 aliphatic carbocycles. The summed E-state index contributed by atoms with van der Waals surface area (Å²) in [6.07, 6.45) is 0.631. The summed E-state index contributed by atoms with van der Waals surface area (Å²) < 4.78 is 0.854. The fourth-order valence-corrected chi connectivity index (χ4v) is 2.19. The molecule has 0 fully saturated rings. The second kappa shape index (κ2) is 7.12. The number of anilines is 1. The number of nitrogens with one attached hydrogen (secondary N) is 2. The van der Waals surface area contributed by atoms with Gasteiger partial charge in [0.2, 0.25) is 0 Å². The number of amides is 2. The number of rotatable bonds is 5. The first-order valence-corrected chi connectivity index (χ1v) is 7.12. The molecule has 4 nitrogen and oxygen atoms in total. The molecule has 1 aromatic carbocycles. The molecule has 3 N–H and O–H groups in total. The molecule has 106 valence electrons. The second-order valence-corrected chi connectivity index (χ2v) is 6.39. The van der Waals surface area contributed by atoms with Gasteiger partial charge in [-0.15, -0.1) is 0 Å². The number of carbonyl (C=O) groups excluding carboxylic acids is 1. The SMILES string of the molecule is CC(C)(CCO)CNC(=O)Nc1ccc(Br)cc1Cl. The molecule has 0 spiro atoms. The lowest BCUT2D eigenvalue weighted by Crippen LogP contribution is -2.37. The van der Waals surface area contributed by atoms with E-state index < -0.39 is 0 Å². The largest absolute Gasteiger partial charge is 0.396 e. The predicted molar refractivity (Wildman–Crippen MR) is 81.7 cm³/mol. The van der Waals surface area contributed by atoms with E-state index in [1.165, 1.54) is 0 Å². The van der Waals surface area contributed by atoms with Gasteiger partial charge in [0.15, 0.2) is 0 Å². The molecule has 0 heterocycles. The van der Waals surface area contributed by atoms with Crippen LogP contribution in [0.3, 0.4) is 0 Å². The first-order chi connectivity index (χ1) is 8.84. The summed E-state index contributed by atoms with van der Waals surface area (Å²) in [5.41, 5.74) is 0.414. The van der Waals surface area contributed by atoms with Crippen LogP contribution in [-0.4, -0.2) is 24.3 Å². The van der Waals surface area contributed by atoms with Crippen LogP contribution in [0.25, 0.3) is 0 Å². The molecule has 0 aromatic heterocycles. The van der Waals surface area contributed by atoms with Gasteiger partial charge in [0.25, 0.3) is 0 Å². The highest BCUT2D eigenvalue weighted by Gasteiger charge is 2.18. The molecular formula is C13H18BrClN2O2. The van der Waals surface area contributed by atoms with Crippen molar-refractivity contribution in [3.05, 3.63) is 27.7 Å². The van der Waals surface area contributed by atoms with Crippen LogP contribution in [0.15, 0.2) is 22.7 Å². The molecule has 0 saturated carbocycles. The number of urea groups is 1. The minimum Gasteiger partial charge on any atom is -0.396 e. The third-order valence-corrected chi connectivity index (χ3v) is 3.50. The second-order valence-electron chi connectivity index (χ2n) is 5.07. The van der Waals surface area contributed by atoms with Gasteiger partial charge in [-0.05, 0) is 30.0 Å². The molecule has 6 heteroatoms. The fourth-order valence-electron chi connectivity index (χ4n) is 1.47. The molecule has 0 aliphatic heterocycles. The van der Waals surface area contributed by atoms with E-state index >= 15 is 0 Å². The molecule has 1 aromatic rings. The van der Waals surface area contributed by atoms with Crippen LogP contribution < -0.4 is 10.6 Å². The molecule has 0 unspecified atom stereocenters. The Kier molecular flexibility index (Phi) is 6.10. The molecule has 0 radical (unpaired) electrons. The Labute approximate surface area is 126 Å². The van der Waals surface area contributed by atoms with Gasteiger partial charge < -0.3 is 15.7 Å². The van der Waals surface area contributed by atoms with Gasteiger partial charge in [-0.3, -0.25) is 0 Å². The standard InChI is InChI=1S/C13H18BrClN2O2/c1-13(2,5-6-18)8-16-12(19)17-11-4-3-9(14)7-10(11)15/h3-4,7,18H,5-6,8H2,1-2H3,(H2,16,17,19). The normalized spacial score (nSPS) is 11.2. The number of carbonyl (C=O) groups is 1. The van der Waals surface area contributed by atoms with Crippen molar-refractivity contribution in [2.75, 3.05) is 18.5 Å². The zero-order chi connectivity index (χ0) is 14.5. The number of benzene rings is 1. The molecule has 19 heavy (non-hydrogen) atoms. The number of halogens is 2. The number of hydrogen-bond acceptors (Lipinski definition) is 2. The van der Waals surface area contributed by atoms with E-state index in [4.69, 9.17) is 16.7 Å². The van der Waals surface area contributed by atoms with Gasteiger partial charge in [-0.2, -0.15) is 0 Å². The summed E-state index contributed by atoms with van der Waals surface area (Å²) in [7, 11) is 0. The number of hydrogen-bond donors (Lipinski definition) is 3. The maximum Gasteiger partial charge on any atom is 0.319 e. The predicted octanol–water partition coefficient (Wildman–Crippen LogP) is 3.63. The van der Waals surface area contributed by atoms with E-state index in [0.717, 1.165) is 4.47 Å². The van der Waals surface area contributed by atoms with Crippen LogP contribution >= 0.6 is 27.5 Å². The summed E-state index contributed by atoms with van der Waals surface area (Å²) >= 11 is 9.31. The molecule has 2 amide bonds. The van der Waals surface area contributed by atoms with Crippen molar-refractivity contribution in [1.29, 1.82) is 0 Å². The molecule has 1 rings (SSSR count). The maximum absolute atomic E-state index is 11.7. The van der Waals surface area contributed by atoms with Crippen LogP contribution in [0.2, 0.25) is 5.02 Å². The zero-order valence-corrected chi connectivity index (χ0v) is 13.3. The molecule has 0 atom stereocenters. The summed E-state index contributed by atoms with van der Waals surface area (Å²) in [6, 6.07) is 4.93. The molecule has 0 aliphatic rings. The van der Waals surface area contributed by atoms with Crippen LogP contribution in [0.4, 0.5) is 10.5 Å². The van der Waals surface area contributed by atoms with Crippen LogP contribution in [0, 0.1) is 5.41 Å². The Morgan fingerprint density at radius 3 is 2.74 bits per heavy atom. The summed E-state index contributed by atoms with van der Waals surface area (Å²) in [5, 5.41) is 14.8. The third kappa shape index (κ3) is 5.80. The quantitative estimate of drug-likeness (QED) is 0.760. The number of aliphatic hydroxyl groups excluding tert-OH is 1. The number of aliphatic hydroxyl groups is 1. The van der Waals surface area contributed by atoms with Crippen molar-refractivity contribution in [2.45, 2.75) is 20.3 Å². The van der Waals surface area contributed by atoms with Crippen LogP contribution in [-0.2, 0) is 0 Å². The van der Waals surface area contributed by atoms with E-state index in [1.807, 2.05) is 13.8 Å². The van der Waals surface area contributed by atoms with Crippen molar-refractivity contribution >= 4 is 39.2 Å². The van der Waals surface area contributed by atoms with E-state index in [9.17, 15) is 4.79 Å². The van der Waals surface area contributed by atoms with Crippen LogP contribution in [0.1, 0.15) is 20.3 Å². The first kappa shape index (κ1) is 16.3. The van der Waals surface area contributed by atoms with Crippen molar-refractivity contribution in [3.8, 4) is 0 Å². The topological polar surface area (TPSA) is 61.4 Å².